The maximum Gasteiger partial charge on any atom is 0.170 e. The molecule has 1 saturated carbocycles. The lowest BCUT2D eigenvalue weighted by atomic mass is 9.86. The van der Waals surface area contributed by atoms with Gasteiger partial charge in [0.05, 0.1) is 6.10 Å². The molecular weight excluding hydrogens is 278 g/mol. The van der Waals surface area contributed by atoms with Crippen molar-refractivity contribution in [3.63, 3.8) is 0 Å². The van der Waals surface area contributed by atoms with Gasteiger partial charge in [0, 0.05) is 24.3 Å². The number of hydrogen-bond acceptors (Lipinski definition) is 4. The summed E-state index contributed by atoms with van der Waals surface area (Å²) in [5.41, 5.74) is 8.02. The molecule has 1 heterocycles. The number of aliphatic hydroxyl groups is 1. The summed E-state index contributed by atoms with van der Waals surface area (Å²) >= 11 is 0. The third kappa shape index (κ3) is 3.71. The van der Waals surface area contributed by atoms with Crippen LogP contribution in [0, 0.1) is 5.92 Å². The SMILES string of the molecule is N/C(=N/OCC1CCC1)c1ccc(N2CCC(O)CC2)cc1. The van der Waals surface area contributed by atoms with Crippen LogP contribution in [-0.4, -0.2) is 36.7 Å². The van der Waals surface area contributed by atoms with Gasteiger partial charge in [-0.15, -0.1) is 0 Å². The average molecular weight is 303 g/mol. The zero-order valence-electron chi connectivity index (χ0n) is 12.9. The molecule has 2 aliphatic rings. The summed E-state index contributed by atoms with van der Waals surface area (Å²) in [6.07, 6.45) is 5.32. The van der Waals surface area contributed by atoms with E-state index < -0.39 is 0 Å². The topological polar surface area (TPSA) is 71.1 Å². The Hall–Kier alpha value is -1.75. The van der Waals surface area contributed by atoms with E-state index in [0.29, 0.717) is 18.4 Å². The van der Waals surface area contributed by atoms with Crippen LogP contribution in [0.3, 0.4) is 0 Å². The Morgan fingerprint density at radius 1 is 1.18 bits per heavy atom. The van der Waals surface area contributed by atoms with Crippen molar-refractivity contribution in [3.05, 3.63) is 29.8 Å². The first-order chi connectivity index (χ1) is 10.7. The predicted octanol–water partition coefficient (Wildman–Crippen LogP) is 2.08. The predicted molar refractivity (Wildman–Crippen MR) is 87.9 cm³/mol. The first-order valence-corrected chi connectivity index (χ1v) is 8.21. The van der Waals surface area contributed by atoms with Crippen LogP contribution in [0.15, 0.2) is 29.4 Å². The minimum atomic E-state index is -0.147. The Balaban J connectivity index is 1.54. The van der Waals surface area contributed by atoms with E-state index in [9.17, 15) is 5.11 Å². The molecule has 0 aromatic heterocycles. The Morgan fingerprint density at radius 2 is 1.86 bits per heavy atom. The van der Waals surface area contributed by atoms with Crippen molar-refractivity contribution in [2.45, 2.75) is 38.2 Å². The van der Waals surface area contributed by atoms with E-state index in [0.717, 1.165) is 31.5 Å². The van der Waals surface area contributed by atoms with E-state index in [2.05, 4.69) is 22.2 Å². The Bertz CT molecular complexity index is 503. The fourth-order valence-electron chi connectivity index (χ4n) is 2.89. The van der Waals surface area contributed by atoms with Gasteiger partial charge in [-0.1, -0.05) is 11.6 Å². The van der Waals surface area contributed by atoms with Crippen LogP contribution >= 0.6 is 0 Å². The molecule has 3 N–H and O–H groups in total. The summed E-state index contributed by atoms with van der Waals surface area (Å²) in [5, 5.41) is 13.6. The van der Waals surface area contributed by atoms with Crippen LogP contribution in [0.25, 0.3) is 0 Å². The summed E-state index contributed by atoms with van der Waals surface area (Å²) in [6.45, 7) is 2.47. The minimum absolute atomic E-state index is 0.147. The van der Waals surface area contributed by atoms with E-state index >= 15 is 0 Å². The molecule has 0 spiro atoms. The third-order valence-electron chi connectivity index (χ3n) is 4.69. The van der Waals surface area contributed by atoms with Crippen molar-refractivity contribution in [3.8, 4) is 0 Å². The van der Waals surface area contributed by atoms with Gasteiger partial charge in [0.2, 0.25) is 0 Å². The molecule has 22 heavy (non-hydrogen) atoms. The zero-order chi connectivity index (χ0) is 15.4. The van der Waals surface area contributed by atoms with Crippen molar-refractivity contribution in [2.24, 2.45) is 16.8 Å². The van der Waals surface area contributed by atoms with Crippen molar-refractivity contribution < 1.29 is 9.94 Å². The molecule has 0 radical (unpaired) electrons. The molecule has 5 heteroatoms. The van der Waals surface area contributed by atoms with Crippen LogP contribution in [0.2, 0.25) is 0 Å². The number of rotatable bonds is 5. The number of anilines is 1. The van der Waals surface area contributed by atoms with E-state index in [-0.39, 0.29) is 6.10 Å². The highest BCUT2D eigenvalue weighted by Gasteiger charge is 2.18. The zero-order valence-corrected chi connectivity index (χ0v) is 12.9. The molecule has 0 atom stereocenters. The van der Waals surface area contributed by atoms with Gasteiger partial charge in [-0.3, -0.25) is 0 Å². The van der Waals surface area contributed by atoms with E-state index in [1.165, 1.54) is 24.9 Å². The van der Waals surface area contributed by atoms with E-state index in [4.69, 9.17) is 10.6 Å². The summed E-state index contributed by atoms with van der Waals surface area (Å²) in [4.78, 5) is 7.63. The number of benzene rings is 1. The lowest BCUT2D eigenvalue weighted by Gasteiger charge is -2.31. The number of piperidine rings is 1. The Kier molecular flexibility index (Phi) is 4.83. The van der Waals surface area contributed by atoms with Crippen molar-refractivity contribution >= 4 is 11.5 Å². The largest absolute Gasteiger partial charge is 0.394 e. The van der Waals surface area contributed by atoms with E-state index in [1.807, 2.05) is 12.1 Å². The normalized spacial score (nSPS) is 20.8. The van der Waals surface area contributed by atoms with Crippen LogP contribution in [0.4, 0.5) is 5.69 Å². The van der Waals surface area contributed by atoms with Gasteiger partial charge in [-0.2, -0.15) is 0 Å². The second-order valence-electron chi connectivity index (χ2n) is 6.33. The average Bonchev–Trinajstić information content (AvgIpc) is 2.50. The number of amidine groups is 1. The molecule has 1 aromatic carbocycles. The maximum atomic E-state index is 9.56. The van der Waals surface area contributed by atoms with Gasteiger partial charge in [0.25, 0.3) is 0 Å². The summed E-state index contributed by atoms with van der Waals surface area (Å²) < 4.78 is 0. The quantitative estimate of drug-likeness (QED) is 0.496. The van der Waals surface area contributed by atoms with Crippen molar-refractivity contribution in [1.82, 2.24) is 0 Å². The molecule has 2 fully saturated rings. The lowest BCUT2D eigenvalue weighted by Crippen LogP contribution is -2.35. The van der Waals surface area contributed by atoms with Crippen LogP contribution in [0.1, 0.15) is 37.7 Å². The monoisotopic (exact) mass is 303 g/mol. The number of nitrogens with zero attached hydrogens (tertiary/aromatic N) is 2. The van der Waals surface area contributed by atoms with Gasteiger partial charge in [0.1, 0.15) is 6.61 Å². The molecule has 5 nitrogen and oxygen atoms in total. The number of oxime groups is 1. The lowest BCUT2D eigenvalue weighted by molar-refractivity contribution is 0.0756. The van der Waals surface area contributed by atoms with Crippen molar-refractivity contribution in [1.29, 1.82) is 0 Å². The summed E-state index contributed by atoms with van der Waals surface area (Å²) in [7, 11) is 0. The molecule has 1 aliphatic heterocycles. The molecule has 0 bridgehead atoms. The minimum Gasteiger partial charge on any atom is -0.394 e. The fourth-order valence-corrected chi connectivity index (χ4v) is 2.89. The molecule has 1 aliphatic carbocycles. The number of nitrogens with two attached hydrogens (primary N) is 1. The molecule has 1 saturated heterocycles. The standard InChI is InChI=1S/C17H25N3O2/c18-17(19-22-12-13-2-1-3-13)14-4-6-15(7-5-14)20-10-8-16(21)9-11-20/h4-7,13,16,21H,1-3,8-12H2,(H2,18,19). The molecule has 120 valence electrons. The third-order valence-corrected chi connectivity index (χ3v) is 4.69. The molecule has 0 amide bonds. The van der Waals surface area contributed by atoms with Gasteiger partial charge in [0.15, 0.2) is 5.84 Å². The molecule has 0 unspecified atom stereocenters. The van der Waals surface area contributed by atoms with Crippen LogP contribution < -0.4 is 10.6 Å². The maximum absolute atomic E-state index is 9.56. The Morgan fingerprint density at radius 3 is 2.45 bits per heavy atom. The van der Waals surface area contributed by atoms with Gasteiger partial charge < -0.3 is 20.6 Å². The highest BCUT2D eigenvalue weighted by Crippen LogP contribution is 2.26. The van der Waals surface area contributed by atoms with Crippen LogP contribution in [-0.2, 0) is 4.84 Å². The van der Waals surface area contributed by atoms with Crippen molar-refractivity contribution in [2.75, 3.05) is 24.6 Å². The second-order valence-corrected chi connectivity index (χ2v) is 6.33. The summed E-state index contributed by atoms with van der Waals surface area (Å²) in [5.74, 6) is 1.09. The van der Waals surface area contributed by atoms with Gasteiger partial charge >= 0.3 is 0 Å². The van der Waals surface area contributed by atoms with Gasteiger partial charge in [-0.05, 0) is 55.9 Å². The summed E-state index contributed by atoms with van der Waals surface area (Å²) in [6, 6.07) is 8.07. The smallest absolute Gasteiger partial charge is 0.170 e. The number of aliphatic hydroxyl groups excluding tert-OH is 1. The Labute approximate surface area is 131 Å². The number of hydrogen-bond donors (Lipinski definition) is 2. The van der Waals surface area contributed by atoms with Gasteiger partial charge in [-0.25, -0.2) is 0 Å². The molecule has 3 rings (SSSR count). The first kappa shape index (κ1) is 15.2. The fraction of sp³-hybridized carbons (Fsp3) is 0.588. The highest BCUT2D eigenvalue weighted by atomic mass is 16.6. The second kappa shape index (κ2) is 7.01. The molecule has 1 aromatic rings. The molecular formula is C17H25N3O2. The first-order valence-electron chi connectivity index (χ1n) is 8.21. The van der Waals surface area contributed by atoms with Crippen LogP contribution in [0.5, 0.6) is 0 Å². The van der Waals surface area contributed by atoms with E-state index in [1.54, 1.807) is 0 Å². The highest BCUT2D eigenvalue weighted by molar-refractivity contribution is 5.97.